The largest absolute Gasteiger partial charge is 0.454 e. The highest BCUT2D eigenvalue weighted by atomic mass is 32.2. The number of hydrogen-bond acceptors (Lipinski definition) is 5. The first-order valence-corrected chi connectivity index (χ1v) is 9.80. The molecule has 0 aromatic heterocycles. The highest BCUT2D eigenvalue weighted by molar-refractivity contribution is 7.99. The van der Waals surface area contributed by atoms with Crippen molar-refractivity contribution in [1.82, 2.24) is 4.90 Å². The predicted octanol–water partition coefficient (Wildman–Crippen LogP) is 3.24. The standard InChI is InChI=1S/C20H21NO3S/c22-19(15-4-2-1-3-5-15)16-6-7-18-20(24-14-23-18)17(16)8-9-21-10-12-25-13-11-21/h1-7H,8-14H2. The van der Waals surface area contributed by atoms with Crippen LogP contribution in [0.4, 0.5) is 0 Å². The smallest absolute Gasteiger partial charge is 0.231 e. The van der Waals surface area contributed by atoms with Gasteiger partial charge in [0.1, 0.15) is 0 Å². The molecule has 0 radical (unpaired) electrons. The number of carbonyl (C=O) groups is 1. The molecular weight excluding hydrogens is 334 g/mol. The maximum Gasteiger partial charge on any atom is 0.231 e. The van der Waals surface area contributed by atoms with Crippen LogP contribution in [0.5, 0.6) is 11.5 Å². The summed E-state index contributed by atoms with van der Waals surface area (Å²) < 4.78 is 11.2. The van der Waals surface area contributed by atoms with E-state index >= 15 is 0 Å². The van der Waals surface area contributed by atoms with E-state index in [-0.39, 0.29) is 12.6 Å². The van der Waals surface area contributed by atoms with Gasteiger partial charge in [-0.3, -0.25) is 4.79 Å². The van der Waals surface area contributed by atoms with Crippen molar-refractivity contribution in [3.63, 3.8) is 0 Å². The molecule has 0 bridgehead atoms. The zero-order valence-electron chi connectivity index (χ0n) is 14.1. The number of thioether (sulfide) groups is 1. The van der Waals surface area contributed by atoms with Gasteiger partial charge in [-0.15, -0.1) is 0 Å². The summed E-state index contributed by atoms with van der Waals surface area (Å²) in [5, 5.41) is 0. The van der Waals surface area contributed by atoms with Crippen LogP contribution in [0.2, 0.25) is 0 Å². The summed E-state index contributed by atoms with van der Waals surface area (Å²) in [7, 11) is 0. The van der Waals surface area contributed by atoms with E-state index in [1.807, 2.05) is 54.2 Å². The van der Waals surface area contributed by atoms with Gasteiger partial charge in [-0.25, -0.2) is 0 Å². The SMILES string of the molecule is O=C(c1ccccc1)c1ccc2c(c1CCN1CCSCC1)OCO2. The molecule has 0 atom stereocenters. The lowest BCUT2D eigenvalue weighted by atomic mass is 9.95. The molecule has 4 rings (SSSR count). The highest BCUT2D eigenvalue weighted by Crippen LogP contribution is 2.38. The molecule has 2 heterocycles. The van der Waals surface area contributed by atoms with Gasteiger partial charge in [0.15, 0.2) is 17.3 Å². The molecule has 1 fully saturated rings. The third-order valence-electron chi connectivity index (χ3n) is 4.70. The van der Waals surface area contributed by atoms with Gasteiger partial charge in [0.2, 0.25) is 6.79 Å². The van der Waals surface area contributed by atoms with Crippen LogP contribution in [0.1, 0.15) is 21.5 Å². The minimum Gasteiger partial charge on any atom is -0.454 e. The number of ketones is 1. The van der Waals surface area contributed by atoms with Gasteiger partial charge in [-0.2, -0.15) is 11.8 Å². The number of rotatable bonds is 5. The number of hydrogen-bond donors (Lipinski definition) is 0. The van der Waals surface area contributed by atoms with E-state index in [0.29, 0.717) is 5.56 Å². The van der Waals surface area contributed by atoms with E-state index in [2.05, 4.69) is 4.90 Å². The van der Waals surface area contributed by atoms with E-state index in [1.165, 1.54) is 11.5 Å². The average Bonchev–Trinajstić information content (AvgIpc) is 3.16. The lowest BCUT2D eigenvalue weighted by Crippen LogP contribution is -2.34. The normalized spacial score (nSPS) is 16.8. The van der Waals surface area contributed by atoms with Gasteiger partial charge in [0.25, 0.3) is 0 Å². The summed E-state index contributed by atoms with van der Waals surface area (Å²) in [5.74, 6) is 3.90. The maximum absolute atomic E-state index is 13.0. The Balaban J connectivity index is 1.63. The van der Waals surface area contributed by atoms with Crippen LogP contribution in [0.25, 0.3) is 0 Å². The Bertz CT molecular complexity index is 757. The molecule has 1 saturated heterocycles. The van der Waals surface area contributed by atoms with Crippen molar-refractivity contribution in [1.29, 1.82) is 0 Å². The van der Waals surface area contributed by atoms with Crippen molar-refractivity contribution in [2.75, 3.05) is 37.9 Å². The second kappa shape index (κ2) is 7.50. The quantitative estimate of drug-likeness (QED) is 0.770. The van der Waals surface area contributed by atoms with Crippen LogP contribution in [0.15, 0.2) is 42.5 Å². The van der Waals surface area contributed by atoms with E-state index in [1.54, 1.807) is 0 Å². The zero-order chi connectivity index (χ0) is 17.1. The summed E-state index contributed by atoms with van der Waals surface area (Å²) in [5.41, 5.74) is 2.40. The summed E-state index contributed by atoms with van der Waals surface area (Å²) in [6.07, 6.45) is 0.797. The first-order chi connectivity index (χ1) is 12.3. The molecule has 25 heavy (non-hydrogen) atoms. The minimum atomic E-state index is 0.0445. The van der Waals surface area contributed by atoms with E-state index < -0.39 is 0 Å². The van der Waals surface area contributed by atoms with Crippen molar-refractivity contribution < 1.29 is 14.3 Å². The fourth-order valence-corrected chi connectivity index (χ4v) is 4.31. The first kappa shape index (κ1) is 16.5. The fraction of sp³-hybridized carbons (Fsp3) is 0.350. The van der Waals surface area contributed by atoms with E-state index in [4.69, 9.17) is 9.47 Å². The van der Waals surface area contributed by atoms with Crippen LogP contribution < -0.4 is 9.47 Å². The molecule has 2 aromatic carbocycles. The number of benzene rings is 2. The minimum absolute atomic E-state index is 0.0445. The topological polar surface area (TPSA) is 38.8 Å². The molecule has 0 aliphatic carbocycles. The molecule has 2 aromatic rings. The van der Waals surface area contributed by atoms with Crippen LogP contribution in [0, 0.1) is 0 Å². The van der Waals surface area contributed by atoms with Crippen LogP contribution in [0.3, 0.4) is 0 Å². The van der Waals surface area contributed by atoms with Crippen molar-refractivity contribution in [3.8, 4) is 11.5 Å². The second-order valence-electron chi connectivity index (χ2n) is 6.22. The molecule has 0 saturated carbocycles. The average molecular weight is 355 g/mol. The molecule has 0 spiro atoms. The Hall–Kier alpha value is -1.98. The Morgan fingerprint density at radius 1 is 1.04 bits per heavy atom. The first-order valence-electron chi connectivity index (χ1n) is 8.64. The molecule has 0 unspecified atom stereocenters. The zero-order valence-corrected chi connectivity index (χ0v) is 14.9. The molecule has 130 valence electrons. The Kier molecular flexibility index (Phi) is 4.95. The molecule has 2 aliphatic heterocycles. The Morgan fingerprint density at radius 3 is 2.64 bits per heavy atom. The van der Waals surface area contributed by atoms with Crippen LogP contribution in [-0.4, -0.2) is 48.6 Å². The van der Waals surface area contributed by atoms with Crippen molar-refractivity contribution >= 4 is 17.5 Å². The van der Waals surface area contributed by atoms with Crippen molar-refractivity contribution in [3.05, 3.63) is 59.2 Å². The molecular formula is C20H21NO3S. The molecule has 4 nitrogen and oxygen atoms in total. The van der Waals surface area contributed by atoms with Crippen LogP contribution >= 0.6 is 11.8 Å². The van der Waals surface area contributed by atoms with Crippen LogP contribution in [-0.2, 0) is 6.42 Å². The molecule has 2 aliphatic rings. The monoisotopic (exact) mass is 355 g/mol. The summed E-state index contributed by atoms with van der Waals surface area (Å²) in [4.78, 5) is 15.5. The number of ether oxygens (including phenoxy) is 2. The van der Waals surface area contributed by atoms with Crippen molar-refractivity contribution in [2.24, 2.45) is 0 Å². The van der Waals surface area contributed by atoms with Gasteiger partial charge in [0, 0.05) is 47.8 Å². The predicted molar refractivity (Wildman–Crippen MR) is 99.9 cm³/mol. The van der Waals surface area contributed by atoms with Gasteiger partial charge in [-0.05, 0) is 18.6 Å². The molecule has 0 N–H and O–H groups in total. The summed E-state index contributed by atoms with van der Waals surface area (Å²) >= 11 is 2.01. The maximum atomic E-state index is 13.0. The third-order valence-corrected chi connectivity index (χ3v) is 5.65. The van der Waals surface area contributed by atoms with Gasteiger partial charge in [-0.1, -0.05) is 30.3 Å². The van der Waals surface area contributed by atoms with Gasteiger partial charge < -0.3 is 14.4 Å². The highest BCUT2D eigenvalue weighted by Gasteiger charge is 2.25. The fourth-order valence-electron chi connectivity index (χ4n) is 3.33. The Labute approximate surface area is 152 Å². The van der Waals surface area contributed by atoms with Crippen molar-refractivity contribution in [2.45, 2.75) is 6.42 Å². The van der Waals surface area contributed by atoms with E-state index in [9.17, 15) is 4.79 Å². The second-order valence-corrected chi connectivity index (χ2v) is 7.45. The number of carbonyl (C=O) groups excluding carboxylic acids is 1. The molecule has 5 heteroatoms. The number of nitrogens with zero attached hydrogens (tertiary/aromatic N) is 1. The number of fused-ring (bicyclic) bond motifs is 1. The molecule has 0 amide bonds. The lowest BCUT2D eigenvalue weighted by Gasteiger charge is -2.26. The van der Waals surface area contributed by atoms with Gasteiger partial charge >= 0.3 is 0 Å². The van der Waals surface area contributed by atoms with Gasteiger partial charge in [0.05, 0.1) is 0 Å². The van der Waals surface area contributed by atoms with E-state index in [0.717, 1.165) is 48.7 Å². The summed E-state index contributed by atoms with van der Waals surface area (Å²) in [6.45, 7) is 3.39. The lowest BCUT2D eigenvalue weighted by molar-refractivity contribution is 0.103. The summed E-state index contributed by atoms with van der Waals surface area (Å²) in [6, 6.07) is 13.2. The Morgan fingerprint density at radius 2 is 1.84 bits per heavy atom. The third kappa shape index (κ3) is 3.53.